The molecule has 3 rings (SSSR count). The van der Waals surface area contributed by atoms with Crippen LogP contribution in [0.2, 0.25) is 0 Å². The summed E-state index contributed by atoms with van der Waals surface area (Å²) >= 11 is 0. The molecule has 2 unspecified atom stereocenters. The summed E-state index contributed by atoms with van der Waals surface area (Å²) in [6.07, 6.45) is 0. The fourth-order valence-electron chi connectivity index (χ4n) is 3.01. The number of amides is 2. The molecule has 0 aliphatic carbocycles. The van der Waals surface area contributed by atoms with Gasteiger partial charge in [-0.15, -0.1) is 0 Å². The highest BCUT2D eigenvalue weighted by Crippen LogP contribution is 2.31. The molecule has 0 saturated carbocycles. The standard InChI is InChI=1S/C19H18N4O2/c1-22-18(24)13-9-5-8-12(10-13)17-14(16(21)19(25)23-17)15(20)11-6-3-2-4-7-11/h2-10,14,17,20-21H,1H3,(H,22,24)(H,23,25). The van der Waals surface area contributed by atoms with E-state index < -0.39 is 17.9 Å². The van der Waals surface area contributed by atoms with Gasteiger partial charge in [-0.25, -0.2) is 0 Å². The Morgan fingerprint density at radius 2 is 1.76 bits per heavy atom. The van der Waals surface area contributed by atoms with Gasteiger partial charge in [0.05, 0.1) is 17.7 Å². The molecule has 2 atom stereocenters. The molecule has 1 saturated heterocycles. The summed E-state index contributed by atoms with van der Waals surface area (Å²) < 4.78 is 0. The molecular weight excluding hydrogens is 316 g/mol. The average Bonchev–Trinajstić information content (AvgIpc) is 2.96. The van der Waals surface area contributed by atoms with E-state index in [1.165, 1.54) is 0 Å². The molecule has 6 nitrogen and oxygen atoms in total. The van der Waals surface area contributed by atoms with Crippen LogP contribution in [-0.2, 0) is 4.79 Å². The third kappa shape index (κ3) is 3.06. The highest BCUT2D eigenvalue weighted by molar-refractivity contribution is 6.45. The van der Waals surface area contributed by atoms with Gasteiger partial charge in [0.2, 0.25) is 0 Å². The van der Waals surface area contributed by atoms with Crippen LogP contribution in [0, 0.1) is 16.7 Å². The summed E-state index contributed by atoms with van der Waals surface area (Å²) in [5.74, 6) is -1.41. The van der Waals surface area contributed by atoms with Gasteiger partial charge in [-0.3, -0.25) is 15.0 Å². The van der Waals surface area contributed by atoms with Crippen LogP contribution in [0.4, 0.5) is 0 Å². The van der Waals surface area contributed by atoms with Crippen molar-refractivity contribution in [1.82, 2.24) is 10.6 Å². The Morgan fingerprint density at radius 3 is 2.44 bits per heavy atom. The first-order chi connectivity index (χ1) is 12.0. The Labute approximate surface area is 145 Å². The smallest absolute Gasteiger partial charge is 0.266 e. The van der Waals surface area contributed by atoms with Crippen LogP contribution in [0.5, 0.6) is 0 Å². The minimum Gasteiger partial charge on any atom is -0.355 e. The first-order valence-electron chi connectivity index (χ1n) is 7.88. The van der Waals surface area contributed by atoms with Crippen molar-refractivity contribution in [2.45, 2.75) is 6.04 Å². The SMILES string of the molecule is CNC(=O)c1cccc(C2NC(=O)C(=N)C2C(=N)c2ccccc2)c1. The lowest BCUT2D eigenvalue weighted by atomic mass is 9.85. The zero-order valence-electron chi connectivity index (χ0n) is 13.7. The summed E-state index contributed by atoms with van der Waals surface area (Å²) in [6, 6.07) is 15.4. The lowest BCUT2D eigenvalue weighted by Crippen LogP contribution is -2.27. The molecule has 4 N–H and O–H groups in total. The molecule has 0 radical (unpaired) electrons. The van der Waals surface area contributed by atoms with E-state index >= 15 is 0 Å². The number of rotatable bonds is 4. The molecule has 2 amide bonds. The summed E-state index contributed by atoms with van der Waals surface area (Å²) in [7, 11) is 1.55. The van der Waals surface area contributed by atoms with Gasteiger partial charge < -0.3 is 16.0 Å². The van der Waals surface area contributed by atoms with Gasteiger partial charge in [0.25, 0.3) is 11.8 Å². The molecular formula is C19H18N4O2. The van der Waals surface area contributed by atoms with E-state index in [9.17, 15) is 9.59 Å². The molecule has 2 aromatic rings. The Hall–Kier alpha value is -3.28. The third-order valence-corrected chi connectivity index (χ3v) is 4.31. The molecule has 1 aliphatic rings. The van der Waals surface area contributed by atoms with Crippen molar-refractivity contribution in [2.75, 3.05) is 7.05 Å². The fraction of sp³-hybridized carbons (Fsp3) is 0.158. The second-order valence-corrected chi connectivity index (χ2v) is 5.83. The maximum atomic E-state index is 12.1. The van der Waals surface area contributed by atoms with Crippen molar-refractivity contribution in [1.29, 1.82) is 10.8 Å². The van der Waals surface area contributed by atoms with Crippen LogP contribution >= 0.6 is 0 Å². The molecule has 0 spiro atoms. The summed E-state index contributed by atoms with van der Waals surface area (Å²) in [5, 5.41) is 21.9. The fourth-order valence-corrected chi connectivity index (χ4v) is 3.01. The molecule has 1 heterocycles. The quantitative estimate of drug-likeness (QED) is 0.641. The molecule has 2 aromatic carbocycles. The first kappa shape index (κ1) is 16.6. The minimum atomic E-state index is -0.699. The molecule has 1 aliphatic heterocycles. The predicted molar refractivity (Wildman–Crippen MR) is 95.2 cm³/mol. The van der Waals surface area contributed by atoms with Gasteiger partial charge in [0.1, 0.15) is 5.71 Å². The van der Waals surface area contributed by atoms with Crippen LogP contribution in [0.1, 0.15) is 27.5 Å². The molecule has 25 heavy (non-hydrogen) atoms. The van der Waals surface area contributed by atoms with E-state index in [-0.39, 0.29) is 17.3 Å². The maximum Gasteiger partial charge on any atom is 0.266 e. The van der Waals surface area contributed by atoms with Gasteiger partial charge in [-0.1, -0.05) is 42.5 Å². The van der Waals surface area contributed by atoms with Crippen LogP contribution in [-0.4, -0.2) is 30.3 Å². The number of hydrogen-bond donors (Lipinski definition) is 4. The van der Waals surface area contributed by atoms with E-state index in [1.807, 2.05) is 18.2 Å². The van der Waals surface area contributed by atoms with Gasteiger partial charge in [-0.05, 0) is 23.3 Å². The van der Waals surface area contributed by atoms with Gasteiger partial charge in [0.15, 0.2) is 0 Å². The van der Waals surface area contributed by atoms with E-state index in [4.69, 9.17) is 10.8 Å². The van der Waals surface area contributed by atoms with E-state index in [0.29, 0.717) is 16.7 Å². The Morgan fingerprint density at radius 1 is 1.08 bits per heavy atom. The number of carbonyl (C=O) groups is 2. The van der Waals surface area contributed by atoms with E-state index in [0.717, 1.165) is 0 Å². The van der Waals surface area contributed by atoms with E-state index in [2.05, 4.69) is 10.6 Å². The topological polar surface area (TPSA) is 106 Å². The number of carbonyl (C=O) groups excluding carboxylic acids is 2. The Bertz CT molecular complexity index is 861. The zero-order chi connectivity index (χ0) is 18.0. The number of benzene rings is 2. The summed E-state index contributed by atoms with van der Waals surface area (Å²) in [4.78, 5) is 23.9. The average molecular weight is 334 g/mol. The van der Waals surface area contributed by atoms with Crippen LogP contribution in [0.25, 0.3) is 0 Å². The number of hydrogen-bond acceptors (Lipinski definition) is 4. The highest BCUT2D eigenvalue weighted by atomic mass is 16.2. The van der Waals surface area contributed by atoms with Gasteiger partial charge >= 0.3 is 0 Å². The lowest BCUT2D eigenvalue weighted by Gasteiger charge is -2.20. The zero-order valence-corrected chi connectivity index (χ0v) is 13.7. The van der Waals surface area contributed by atoms with Crippen molar-refractivity contribution in [3.63, 3.8) is 0 Å². The summed E-state index contributed by atoms with van der Waals surface area (Å²) in [5.41, 5.74) is 1.91. The minimum absolute atomic E-state index is 0.135. The molecule has 1 fully saturated rings. The predicted octanol–water partition coefficient (Wildman–Crippen LogP) is 1.92. The molecule has 126 valence electrons. The van der Waals surface area contributed by atoms with Crippen LogP contribution < -0.4 is 10.6 Å². The first-order valence-corrected chi connectivity index (χ1v) is 7.88. The molecule has 6 heteroatoms. The van der Waals surface area contributed by atoms with Crippen molar-refractivity contribution in [2.24, 2.45) is 5.92 Å². The second-order valence-electron chi connectivity index (χ2n) is 5.83. The molecule has 0 aromatic heterocycles. The van der Waals surface area contributed by atoms with Crippen LogP contribution in [0.3, 0.4) is 0 Å². The van der Waals surface area contributed by atoms with Crippen molar-refractivity contribution in [3.05, 3.63) is 71.3 Å². The van der Waals surface area contributed by atoms with E-state index in [1.54, 1.807) is 43.4 Å². The molecule has 0 bridgehead atoms. The number of nitrogens with one attached hydrogen (secondary N) is 4. The third-order valence-electron chi connectivity index (χ3n) is 4.31. The monoisotopic (exact) mass is 334 g/mol. The van der Waals surface area contributed by atoms with Crippen molar-refractivity contribution < 1.29 is 9.59 Å². The highest BCUT2D eigenvalue weighted by Gasteiger charge is 2.41. The lowest BCUT2D eigenvalue weighted by molar-refractivity contribution is -0.114. The Kier molecular flexibility index (Phi) is 4.43. The van der Waals surface area contributed by atoms with Gasteiger partial charge in [0, 0.05) is 12.6 Å². The van der Waals surface area contributed by atoms with Crippen molar-refractivity contribution >= 4 is 23.2 Å². The van der Waals surface area contributed by atoms with Crippen molar-refractivity contribution in [3.8, 4) is 0 Å². The summed E-state index contributed by atoms with van der Waals surface area (Å²) in [6.45, 7) is 0. The van der Waals surface area contributed by atoms with Gasteiger partial charge in [-0.2, -0.15) is 0 Å². The largest absolute Gasteiger partial charge is 0.355 e. The maximum absolute atomic E-state index is 12.1. The normalized spacial score (nSPS) is 19.4. The van der Waals surface area contributed by atoms with Crippen LogP contribution in [0.15, 0.2) is 54.6 Å². The second kappa shape index (κ2) is 6.68. The Balaban J connectivity index is 1.99.